The van der Waals surface area contributed by atoms with Gasteiger partial charge in [0.05, 0.1) is 34.4 Å². The molecule has 2 atom stereocenters. The summed E-state index contributed by atoms with van der Waals surface area (Å²) in [5, 5.41) is 9.76. The summed E-state index contributed by atoms with van der Waals surface area (Å²) in [7, 11) is 5.96. The summed E-state index contributed by atoms with van der Waals surface area (Å²) in [6.07, 6.45) is 108. The van der Waals surface area contributed by atoms with Crippen LogP contribution >= 0.6 is 0 Å². The molecule has 0 bridgehead atoms. The Morgan fingerprint density at radius 3 is 0.860 bits per heavy atom. The number of carboxylic acids is 1. The van der Waals surface area contributed by atoms with Crippen LogP contribution in [0.4, 0.5) is 0 Å². The van der Waals surface area contributed by atoms with E-state index >= 15 is 0 Å². The molecule has 0 heterocycles. The van der Waals surface area contributed by atoms with Crippen LogP contribution < -0.4 is 0 Å². The molecule has 0 aliphatic rings. The topological polar surface area (TPSA) is 108 Å². The maximum Gasteiger partial charge on any atom is 0.361 e. The fraction of sp³-hybridized carbons (Fsp3) is 0.583. The van der Waals surface area contributed by atoms with Gasteiger partial charge in [-0.25, -0.2) is 4.79 Å². The first kappa shape index (κ1) is 87.1. The first-order valence-electron chi connectivity index (χ1n) is 36.6. The smallest absolute Gasteiger partial charge is 0.361 e. The number of carboxylic acid groups (broad SMARTS) is 1. The molecular weight excluding hydrogens is 1150 g/mol. The summed E-state index contributed by atoms with van der Waals surface area (Å²) in [6, 6.07) is 0. The van der Waals surface area contributed by atoms with Gasteiger partial charge in [-0.1, -0.05) is 298 Å². The fourth-order valence-corrected chi connectivity index (χ4v) is 9.34. The van der Waals surface area contributed by atoms with Crippen molar-refractivity contribution in [2.75, 3.05) is 47.5 Å². The molecule has 0 rings (SSSR count). The van der Waals surface area contributed by atoms with E-state index in [0.29, 0.717) is 23.9 Å². The monoisotopic (exact) mass is 1290 g/mol. The lowest BCUT2D eigenvalue weighted by atomic mass is 10.0. The summed E-state index contributed by atoms with van der Waals surface area (Å²) in [4.78, 5) is 37.7. The van der Waals surface area contributed by atoms with Gasteiger partial charge in [0.2, 0.25) is 0 Å². The van der Waals surface area contributed by atoms with Crippen molar-refractivity contribution in [1.29, 1.82) is 0 Å². The van der Waals surface area contributed by atoms with Crippen LogP contribution in [0.5, 0.6) is 0 Å². The van der Waals surface area contributed by atoms with Crippen molar-refractivity contribution in [3.05, 3.63) is 194 Å². The first-order chi connectivity index (χ1) is 45.6. The number of hydrogen-bond acceptors (Lipinski definition) is 7. The number of hydrogen-bond donors (Lipinski definition) is 1. The molecule has 522 valence electrons. The lowest BCUT2D eigenvalue weighted by Crippen LogP contribution is -2.40. The van der Waals surface area contributed by atoms with Crippen LogP contribution in [0.1, 0.15) is 258 Å². The lowest BCUT2D eigenvalue weighted by molar-refractivity contribution is -0.870. The second-order valence-electron chi connectivity index (χ2n) is 24.8. The minimum absolute atomic E-state index is 0.173. The van der Waals surface area contributed by atoms with Gasteiger partial charge >= 0.3 is 17.9 Å². The van der Waals surface area contributed by atoms with Gasteiger partial charge in [-0.2, -0.15) is 0 Å². The van der Waals surface area contributed by atoms with Crippen LogP contribution in [0.2, 0.25) is 0 Å². The van der Waals surface area contributed by atoms with E-state index in [4.69, 9.17) is 18.9 Å². The summed E-state index contributed by atoms with van der Waals surface area (Å²) >= 11 is 0. The second kappa shape index (κ2) is 72.0. The highest BCUT2D eigenvalue weighted by atomic mass is 16.7. The van der Waals surface area contributed by atoms with Gasteiger partial charge in [-0.3, -0.25) is 9.59 Å². The van der Waals surface area contributed by atoms with Crippen molar-refractivity contribution in [2.45, 2.75) is 270 Å². The molecule has 0 aliphatic carbocycles. The van der Waals surface area contributed by atoms with E-state index in [9.17, 15) is 19.5 Å². The highest BCUT2D eigenvalue weighted by molar-refractivity contribution is 5.71. The number of quaternary nitrogens is 1. The number of carbonyl (C=O) groups excluding carboxylic acids is 2. The number of rotatable bonds is 65. The third-order valence-corrected chi connectivity index (χ3v) is 14.8. The zero-order valence-corrected chi connectivity index (χ0v) is 59.6. The third kappa shape index (κ3) is 73.4. The number of aliphatic carboxylic acids is 1. The van der Waals surface area contributed by atoms with Gasteiger partial charge in [-0.15, -0.1) is 0 Å². The molecule has 2 unspecified atom stereocenters. The fourth-order valence-electron chi connectivity index (χ4n) is 9.34. The van der Waals surface area contributed by atoms with Crippen LogP contribution in [0.3, 0.4) is 0 Å². The zero-order valence-electron chi connectivity index (χ0n) is 59.6. The van der Waals surface area contributed by atoms with Crippen molar-refractivity contribution < 1.29 is 42.9 Å². The number of unbranched alkanes of at least 4 members (excludes halogenated alkanes) is 18. The molecule has 0 saturated heterocycles. The van der Waals surface area contributed by atoms with Gasteiger partial charge in [0.1, 0.15) is 13.2 Å². The molecule has 0 radical (unpaired) electrons. The Bertz CT molecular complexity index is 2230. The predicted octanol–water partition coefficient (Wildman–Crippen LogP) is 23.4. The Kier molecular flexibility index (Phi) is 67.4. The Morgan fingerprint density at radius 2 is 0.581 bits per heavy atom. The van der Waals surface area contributed by atoms with Gasteiger partial charge in [0.25, 0.3) is 6.29 Å². The van der Waals surface area contributed by atoms with Crippen molar-refractivity contribution in [3.8, 4) is 0 Å². The van der Waals surface area contributed by atoms with Gasteiger partial charge < -0.3 is 28.5 Å². The van der Waals surface area contributed by atoms with E-state index in [2.05, 4.69) is 208 Å². The van der Waals surface area contributed by atoms with Crippen LogP contribution in [0, 0.1) is 0 Å². The van der Waals surface area contributed by atoms with E-state index < -0.39 is 24.3 Å². The molecule has 9 nitrogen and oxygen atoms in total. The average molecular weight is 1290 g/mol. The van der Waals surface area contributed by atoms with Gasteiger partial charge in [0.15, 0.2) is 6.10 Å². The van der Waals surface area contributed by atoms with E-state index in [1.165, 1.54) is 70.6 Å². The Morgan fingerprint density at radius 1 is 0.323 bits per heavy atom. The van der Waals surface area contributed by atoms with Crippen molar-refractivity contribution in [2.24, 2.45) is 0 Å². The van der Waals surface area contributed by atoms with Gasteiger partial charge in [0, 0.05) is 12.8 Å². The largest absolute Gasteiger partial charge is 0.477 e. The molecule has 9 heteroatoms. The minimum Gasteiger partial charge on any atom is -0.477 e. The average Bonchev–Trinajstić information content (AvgIpc) is 3.38. The van der Waals surface area contributed by atoms with Crippen molar-refractivity contribution in [1.82, 2.24) is 0 Å². The molecule has 1 N–H and O–H groups in total. The Labute approximate surface area is 570 Å². The van der Waals surface area contributed by atoms with Crippen molar-refractivity contribution >= 4 is 17.9 Å². The normalized spacial score (nSPS) is 13.9. The number of carbonyl (C=O) groups is 3. The molecule has 0 aromatic carbocycles. The highest BCUT2D eigenvalue weighted by Crippen LogP contribution is 2.16. The molecule has 0 aromatic heterocycles. The number of ether oxygens (including phenoxy) is 4. The Balaban J connectivity index is 4.19. The second-order valence-corrected chi connectivity index (χ2v) is 24.8. The number of esters is 2. The molecular formula is C84H134NO8+. The number of allylic oxidation sites excluding steroid dienone is 32. The maximum atomic E-state index is 13.0. The predicted molar refractivity (Wildman–Crippen MR) is 400 cm³/mol. The molecule has 0 spiro atoms. The van der Waals surface area contributed by atoms with Crippen molar-refractivity contribution in [3.63, 3.8) is 0 Å². The molecule has 0 aromatic rings. The molecule has 0 fully saturated rings. The molecule has 0 amide bonds. The highest BCUT2D eigenvalue weighted by Gasteiger charge is 2.25. The number of nitrogens with zero attached hydrogens (tertiary/aromatic N) is 1. The minimum atomic E-state index is -1.53. The third-order valence-electron chi connectivity index (χ3n) is 14.8. The van der Waals surface area contributed by atoms with Crippen LogP contribution in [0.15, 0.2) is 194 Å². The van der Waals surface area contributed by atoms with Gasteiger partial charge in [-0.05, 0) is 141 Å². The van der Waals surface area contributed by atoms with Crippen LogP contribution in [0.25, 0.3) is 0 Å². The van der Waals surface area contributed by atoms with Crippen LogP contribution in [-0.4, -0.2) is 87.4 Å². The van der Waals surface area contributed by atoms with E-state index in [0.717, 1.165) is 148 Å². The number of likely N-dealkylation sites (N-methyl/N-ethyl adjacent to an activating group) is 1. The summed E-state index contributed by atoms with van der Waals surface area (Å²) in [5.74, 6) is -2.06. The standard InChI is InChI=1S/C84H133NO8/c1-6-8-10-12-14-16-18-20-22-24-26-28-30-32-34-36-37-38-39-40-41-42-43-44-45-47-49-51-53-55-57-59-61-63-65-67-69-71-73-75-82(87)93-80(79-92-84(83(88)89)90-77-76-85(3,4)5)78-91-81(86)74-72-70-68-66-64-62-60-58-56-54-52-50-48-46-35-33-31-29-27-25-23-21-19-17-15-13-11-9-7-2/h8-11,14-17,20-23,26-29,32-35,37-38,40-41,43-44,48,50,54,56,60,62,80,84H,6-7,12-13,18-19,24-25,30-31,36,39,42,45-47,49,51-53,55,57-59,61,63-79H2,1-5H3/p+1/b10-8-,11-9-,16-14-,17-15-,22-20-,23-21-,28-26-,29-27-,34-32-,35-33-,38-37-,41-40-,44-43-,50-48-,56-54-,62-60-. The molecule has 0 saturated carbocycles. The molecule has 93 heavy (non-hydrogen) atoms. The van der Waals surface area contributed by atoms with E-state index in [1.807, 2.05) is 21.1 Å². The quantitative estimate of drug-likeness (QED) is 0.0211. The summed E-state index contributed by atoms with van der Waals surface area (Å²) in [5.41, 5.74) is 0. The summed E-state index contributed by atoms with van der Waals surface area (Å²) < 4.78 is 23.0. The van der Waals surface area contributed by atoms with E-state index in [1.54, 1.807) is 0 Å². The summed E-state index contributed by atoms with van der Waals surface area (Å²) in [6.45, 7) is 4.60. The maximum absolute atomic E-state index is 13.0. The van der Waals surface area contributed by atoms with Crippen LogP contribution in [-0.2, 0) is 33.3 Å². The molecule has 0 aliphatic heterocycles. The first-order valence-corrected chi connectivity index (χ1v) is 36.6. The van der Waals surface area contributed by atoms with E-state index in [-0.39, 0.29) is 38.6 Å². The zero-order chi connectivity index (χ0) is 67.5. The lowest BCUT2D eigenvalue weighted by Gasteiger charge is -2.25. The SMILES string of the molecule is CC/C=C\C/C=C\C/C=C\C/C=C\C/C=C\C/C=C\C/C=C\C/C=C\CCCCCCCCCCCCCCCCC(=O)OC(COC(=O)CCCCCC/C=C\C/C=C\C/C=C\C/C=C\C/C=C\C/C=C\C/C=C\C/C=C\CC)COC(OCC[N+](C)(C)C)C(=O)O. The Hall–Kier alpha value is -5.87.